The molecule has 1 aliphatic heterocycles. The van der Waals surface area contributed by atoms with Crippen LogP contribution in [0.3, 0.4) is 0 Å². The Hall–Kier alpha value is -0.0800. The van der Waals surface area contributed by atoms with E-state index in [2.05, 4.69) is 24.3 Å². The van der Waals surface area contributed by atoms with Gasteiger partial charge in [0.25, 0.3) is 0 Å². The fourth-order valence-electron chi connectivity index (χ4n) is 2.30. The van der Waals surface area contributed by atoms with Crippen molar-refractivity contribution in [2.45, 2.75) is 12.8 Å². The lowest BCUT2D eigenvalue weighted by Gasteiger charge is -2.20. The van der Waals surface area contributed by atoms with E-state index < -0.39 is 0 Å². The van der Waals surface area contributed by atoms with Gasteiger partial charge in [-0.3, -0.25) is 0 Å². The molecule has 2 fully saturated rings. The van der Waals surface area contributed by atoms with Crippen LogP contribution in [0.25, 0.3) is 0 Å². The van der Waals surface area contributed by atoms with Crippen molar-refractivity contribution in [3.05, 3.63) is 0 Å². The van der Waals surface area contributed by atoms with Gasteiger partial charge in [0.2, 0.25) is 0 Å². The second-order valence-electron chi connectivity index (χ2n) is 4.45. The number of nitrogens with zero attached hydrogens (tertiary/aromatic N) is 1. The molecule has 0 aromatic rings. The second kappa shape index (κ2) is 2.46. The summed E-state index contributed by atoms with van der Waals surface area (Å²) in [5.74, 6) is 0.928. The molecule has 2 aliphatic rings. The minimum absolute atomic E-state index is 0.740. The third-order valence-corrected chi connectivity index (χ3v) is 3.21. The van der Waals surface area contributed by atoms with Crippen LogP contribution in [-0.2, 0) is 0 Å². The highest BCUT2D eigenvalue weighted by molar-refractivity contribution is 5.05. The molecule has 0 amide bonds. The normalized spacial score (nSPS) is 33.5. The van der Waals surface area contributed by atoms with Crippen LogP contribution in [0.4, 0.5) is 0 Å². The highest BCUT2D eigenvalue weighted by Gasteiger charge is 2.51. The molecule has 64 valence electrons. The zero-order valence-corrected chi connectivity index (χ0v) is 7.56. The van der Waals surface area contributed by atoms with Crippen LogP contribution in [0.5, 0.6) is 0 Å². The van der Waals surface area contributed by atoms with E-state index in [0.29, 0.717) is 0 Å². The summed E-state index contributed by atoms with van der Waals surface area (Å²) in [5.41, 5.74) is 0.740. The first-order valence-corrected chi connectivity index (χ1v) is 4.58. The van der Waals surface area contributed by atoms with Gasteiger partial charge in [-0.15, -0.1) is 0 Å². The molecule has 2 nitrogen and oxygen atoms in total. The first kappa shape index (κ1) is 7.56. The smallest absolute Gasteiger partial charge is 0.00215 e. The van der Waals surface area contributed by atoms with Crippen molar-refractivity contribution in [1.29, 1.82) is 0 Å². The summed E-state index contributed by atoms with van der Waals surface area (Å²) in [6.07, 6.45) is 2.94. The molecule has 1 unspecified atom stereocenters. The molecule has 1 aliphatic carbocycles. The van der Waals surface area contributed by atoms with Crippen molar-refractivity contribution in [2.24, 2.45) is 11.3 Å². The first-order valence-electron chi connectivity index (χ1n) is 4.58. The summed E-state index contributed by atoms with van der Waals surface area (Å²) in [6.45, 7) is 3.80. The summed E-state index contributed by atoms with van der Waals surface area (Å²) >= 11 is 0. The molecule has 2 heteroatoms. The van der Waals surface area contributed by atoms with Crippen molar-refractivity contribution >= 4 is 0 Å². The number of nitrogens with one attached hydrogen (secondary N) is 1. The molecule has 1 saturated carbocycles. The lowest BCUT2D eigenvalue weighted by Crippen LogP contribution is -2.27. The summed E-state index contributed by atoms with van der Waals surface area (Å²) in [5, 5.41) is 3.50. The van der Waals surface area contributed by atoms with E-state index in [-0.39, 0.29) is 0 Å². The molecule has 11 heavy (non-hydrogen) atoms. The maximum atomic E-state index is 3.50. The fourth-order valence-corrected chi connectivity index (χ4v) is 2.30. The van der Waals surface area contributed by atoms with Gasteiger partial charge in [0.1, 0.15) is 0 Å². The van der Waals surface area contributed by atoms with Gasteiger partial charge in [-0.05, 0) is 44.8 Å². The van der Waals surface area contributed by atoms with Crippen LogP contribution in [0, 0.1) is 11.3 Å². The molecular formula is C9H18N2. The van der Waals surface area contributed by atoms with Gasteiger partial charge < -0.3 is 10.2 Å². The van der Waals surface area contributed by atoms with Crippen LogP contribution in [-0.4, -0.2) is 38.6 Å². The molecule has 0 aromatic carbocycles. The zero-order chi connectivity index (χ0) is 7.90. The van der Waals surface area contributed by atoms with Gasteiger partial charge in [-0.1, -0.05) is 0 Å². The monoisotopic (exact) mass is 154 g/mol. The lowest BCUT2D eigenvalue weighted by molar-refractivity contribution is 0.277. The summed E-state index contributed by atoms with van der Waals surface area (Å²) in [4.78, 5) is 2.32. The van der Waals surface area contributed by atoms with Gasteiger partial charge in [0, 0.05) is 13.1 Å². The van der Waals surface area contributed by atoms with Gasteiger partial charge in [0.15, 0.2) is 0 Å². The van der Waals surface area contributed by atoms with Crippen LogP contribution in [0.2, 0.25) is 0 Å². The number of rotatable bonds is 2. The van der Waals surface area contributed by atoms with Gasteiger partial charge in [-0.25, -0.2) is 0 Å². The summed E-state index contributed by atoms with van der Waals surface area (Å²) < 4.78 is 0. The van der Waals surface area contributed by atoms with E-state index in [0.717, 1.165) is 11.3 Å². The minimum Gasteiger partial charge on any atom is -0.316 e. The highest BCUT2D eigenvalue weighted by atomic mass is 15.1. The van der Waals surface area contributed by atoms with Crippen molar-refractivity contribution < 1.29 is 0 Å². The minimum atomic E-state index is 0.740. The van der Waals surface area contributed by atoms with E-state index in [4.69, 9.17) is 0 Å². The largest absolute Gasteiger partial charge is 0.316 e. The van der Waals surface area contributed by atoms with Gasteiger partial charge in [-0.2, -0.15) is 0 Å². The van der Waals surface area contributed by atoms with E-state index in [9.17, 15) is 0 Å². The Balaban J connectivity index is 1.92. The van der Waals surface area contributed by atoms with Crippen molar-refractivity contribution in [2.75, 3.05) is 33.7 Å². The molecule has 0 aromatic heterocycles. The Morgan fingerprint density at radius 1 is 1.45 bits per heavy atom. The predicted molar refractivity (Wildman–Crippen MR) is 46.6 cm³/mol. The van der Waals surface area contributed by atoms with Crippen LogP contribution < -0.4 is 5.32 Å². The zero-order valence-electron chi connectivity index (χ0n) is 7.56. The Morgan fingerprint density at radius 2 is 2.18 bits per heavy atom. The van der Waals surface area contributed by atoms with E-state index >= 15 is 0 Å². The Kier molecular flexibility index (Phi) is 1.69. The molecule has 1 spiro atoms. The second-order valence-corrected chi connectivity index (χ2v) is 4.45. The standard InChI is InChI=1S/C9H18N2/c1-11(2)6-8-5-10-7-9(8)3-4-9/h8,10H,3-7H2,1-2H3. The number of hydrogen-bond donors (Lipinski definition) is 1. The van der Waals surface area contributed by atoms with Crippen LogP contribution in [0.15, 0.2) is 0 Å². The van der Waals surface area contributed by atoms with Gasteiger partial charge >= 0.3 is 0 Å². The molecular weight excluding hydrogens is 136 g/mol. The number of hydrogen-bond acceptors (Lipinski definition) is 2. The maximum Gasteiger partial charge on any atom is 0.00215 e. The Morgan fingerprint density at radius 3 is 2.73 bits per heavy atom. The maximum absolute atomic E-state index is 3.50. The summed E-state index contributed by atoms with van der Waals surface area (Å²) in [7, 11) is 4.35. The van der Waals surface area contributed by atoms with Crippen molar-refractivity contribution in [3.8, 4) is 0 Å². The Labute approximate surface area is 69.0 Å². The fraction of sp³-hybridized carbons (Fsp3) is 1.00. The quantitative estimate of drug-likeness (QED) is 0.625. The molecule has 2 rings (SSSR count). The third-order valence-electron chi connectivity index (χ3n) is 3.21. The average molecular weight is 154 g/mol. The first-order chi connectivity index (χ1) is 5.23. The van der Waals surface area contributed by atoms with Crippen LogP contribution in [0.1, 0.15) is 12.8 Å². The van der Waals surface area contributed by atoms with E-state index in [1.807, 2.05) is 0 Å². The van der Waals surface area contributed by atoms with Gasteiger partial charge in [0.05, 0.1) is 0 Å². The molecule has 0 radical (unpaired) electrons. The lowest BCUT2D eigenvalue weighted by atomic mass is 9.93. The van der Waals surface area contributed by atoms with Crippen LogP contribution >= 0.6 is 0 Å². The Bertz CT molecular complexity index is 150. The van der Waals surface area contributed by atoms with Crippen molar-refractivity contribution in [3.63, 3.8) is 0 Å². The predicted octanol–water partition coefficient (Wildman–Crippen LogP) is 0.548. The average Bonchev–Trinajstić information content (AvgIpc) is 2.56. The van der Waals surface area contributed by atoms with E-state index in [1.165, 1.54) is 32.5 Å². The molecule has 1 heterocycles. The molecule has 0 bridgehead atoms. The third kappa shape index (κ3) is 1.30. The highest BCUT2D eigenvalue weighted by Crippen LogP contribution is 2.53. The molecule has 1 N–H and O–H groups in total. The SMILES string of the molecule is CN(C)CC1CNCC12CC2. The van der Waals surface area contributed by atoms with E-state index in [1.54, 1.807) is 0 Å². The molecule has 1 atom stereocenters. The van der Waals surface area contributed by atoms with Crippen molar-refractivity contribution in [1.82, 2.24) is 10.2 Å². The molecule has 1 saturated heterocycles. The summed E-state index contributed by atoms with van der Waals surface area (Å²) in [6, 6.07) is 0. The topological polar surface area (TPSA) is 15.3 Å².